The molecule has 2 atom stereocenters. The molecule has 0 aromatic carbocycles. The molecule has 1 aliphatic rings. The molecule has 0 fully saturated rings. The predicted molar refractivity (Wildman–Crippen MR) is 74.6 cm³/mol. The van der Waals surface area contributed by atoms with Gasteiger partial charge in [0.1, 0.15) is 4.88 Å². The average Bonchev–Trinajstić information content (AvgIpc) is 2.94. The van der Waals surface area contributed by atoms with E-state index in [1.165, 1.54) is 7.11 Å². The van der Waals surface area contributed by atoms with E-state index < -0.39 is 29.7 Å². The highest BCUT2D eigenvalue weighted by Gasteiger charge is 2.30. The third-order valence-corrected chi connectivity index (χ3v) is 4.26. The number of nitrogens with one attached hydrogen (secondary N) is 1. The number of ether oxygens (including phenoxy) is 1. The first kappa shape index (κ1) is 15.2. The molecule has 0 unspecified atom stereocenters. The van der Waals surface area contributed by atoms with Crippen molar-refractivity contribution < 1.29 is 24.2 Å². The number of allylic oxidation sites excluding steroid dienone is 2. The van der Waals surface area contributed by atoms with E-state index in [0.717, 1.165) is 11.3 Å². The molecular formula is C14H14NO5S-. The molecule has 1 aliphatic carbocycles. The van der Waals surface area contributed by atoms with Gasteiger partial charge >= 0.3 is 5.97 Å². The van der Waals surface area contributed by atoms with E-state index in [9.17, 15) is 19.5 Å². The summed E-state index contributed by atoms with van der Waals surface area (Å²) in [7, 11) is 1.26. The number of carboxylic acid groups (broad SMARTS) is 1. The van der Waals surface area contributed by atoms with Gasteiger partial charge in [-0.2, -0.15) is 0 Å². The van der Waals surface area contributed by atoms with Crippen LogP contribution in [-0.4, -0.2) is 25.0 Å². The van der Waals surface area contributed by atoms with Crippen LogP contribution >= 0.6 is 11.3 Å². The van der Waals surface area contributed by atoms with Crippen LogP contribution in [0.15, 0.2) is 23.6 Å². The van der Waals surface area contributed by atoms with Crippen molar-refractivity contribution in [2.75, 3.05) is 12.4 Å². The molecule has 21 heavy (non-hydrogen) atoms. The summed E-state index contributed by atoms with van der Waals surface area (Å²) in [6.07, 6.45) is 4.11. The minimum Gasteiger partial charge on any atom is -0.550 e. The average molecular weight is 308 g/mol. The second-order valence-electron chi connectivity index (χ2n) is 4.62. The number of rotatable bonds is 4. The molecule has 6 nitrogen and oxygen atoms in total. The lowest BCUT2D eigenvalue weighted by atomic mass is 9.82. The normalized spacial score (nSPS) is 20.8. The molecule has 0 spiro atoms. The summed E-state index contributed by atoms with van der Waals surface area (Å²) in [6, 6.07) is 1.58. The molecule has 7 heteroatoms. The topological polar surface area (TPSA) is 95.5 Å². The largest absolute Gasteiger partial charge is 0.550 e. The third-order valence-electron chi connectivity index (χ3n) is 3.37. The second-order valence-corrected chi connectivity index (χ2v) is 5.54. The summed E-state index contributed by atoms with van der Waals surface area (Å²) in [6.45, 7) is 0. The molecule has 1 heterocycles. The first-order valence-electron chi connectivity index (χ1n) is 6.37. The third kappa shape index (κ3) is 3.30. The molecule has 0 aliphatic heterocycles. The first-order valence-corrected chi connectivity index (χ1v) is 7.25. The zero-order chi connectivity index (χ0) is 15.4. The predicted octanol–water partition coefficient (Wildman–Crippen LogP) is 0.805. The Morgan fingerprint density at radius 2 is 1.95 bits per heavy atom. The van der Waals surface area contributed by atoms with E-state index >= 15 is 0 Å². The number of hydrogen-bond donors (Lipinski definition) is 1. The van der Waals surface area contributed by atoms with Crippen LogP contribution in [0.4, 0.5) is 5.69 Å². The summed E-state index contributed by atoms with van der Waals surface area (Å²) in [5.74, 6) is -3.77. The number of methoxy groups -OCH3 is 1. The van der Waals surface area contributed by atoms with Crippen LogP contribution in [0, 0.1) is 11.8 Å². The molecule has 1 N–H and O–H groups in total. The van der Waals surface area contributed by atoms with Crippen LogP contribution in [0.1, 0.15) is 22.5 Å². The zero-order valence-corrected chi connectivity index (χ0v) is 12.1. The lowest BCUT2D eigenvalue weighted by Crippen LogP contribution is -2.41. The zero-order valence-electron chi connectivity index (χ0n) is 11.3. The van der Waals surface area contributed by atoms with E-state index in [4.69, 9.17) is 0 Å². The summed E-state index contributed by atoms with van der Waals surface area (Å²) >= 11 is 1.15. The van der Waals surface area contributed by atoms with E-state index in [0.29, 0.717) is 12.1 Å². The van der Waals surface area contributed by atoms with Crippen molar-refractivity contribution in [3.05, 3.63) is 28.5 Å². The van der Waals surface area contributed by atoms with E-state index in [1.807, 2.05) is 0 Å². The maximum absolute atomic E-state index is 12.3. The van der Waals surface area contributed by atoms with E-state index in [1.54, 1.807) is 23.6 Å². The number of hydrogen-bond acceptors (Lipinski definition) is 6. The summed E-state index contributed by atoms with van der Waals surface area (Å²) in [5, 5.41) is 15.4. The number of esters is 1. The Morgan fingerprint density at radius 3 is 2.57 bits per heavy atom. The number of aliphatic carboxylic acids is 1. The van der Waals surface area contributed by atoms with Gasteiger partial charge < -0.3 is 20.0 Å². The number of carboxylic acids is 1. The van der Waals surface area contributed by atoms with Crippen molar-refractivity contribution >= 4 is 34.9 Å². The molecule has 112 valence electrons. The summed E-state index contributed by atoms with van der Waals surface area (Å²) < 4.78 is 4.63. The fraction of sp³-hybridized carbons (Fsp3) is 0.357. The Morgan fingerprint density at radius 1 is 1.29 bits per heavy atom. The van der Waals surface area contributed by atoms with Gasteiger partial charge in [-0.25, -0.2) is 4.79 Å². The molecule has 0 bridgehead atoms. The summed E-state index contributed by atoms with van der Waals surface area (Å²) in [5.41, 5.74) is 0.337. The van der Waals surface area contributed by atoms with Crippen molar-refractivity contribution in [3.63, 3.8) is 0 Å². The number of amides is 1. The van der Waals surface area contributed by atoms with E-state index in [-0.39, 0.29) is 11.3 Å². The Labute approximate surface area is 125 Å². The highest BCUT2D eigenvalue weighted by atomic mass is 32.1. The van der Waals surface area contributed by atoms with Crippen LogP contribution in [-0.2, 0) is 14.3 Å². The van der Waals surface area contributed by atoms with Gasteiger partial charge in [0.05, 0.1) is 18.7 Å². The smallest absolute Gasteiger partial charge is 0.350 e. The van der Waals surface area contributed by atoms with Crippen molar-refractivity contribution in [1.29, 1.82) is 0 Å². The summed E-state index contributed by atoms with van der Waals surface area (Å²) in [4.78, 5) is 35.2. The lowest BCUT2D eigenvalue weighted by Gasteiger charge is -2.28. The maximum Gasteiger partial charge on any atom is 0.350 e. The van der Waals surface area contributed by atoms with Gasteiger partial charge in [0, 0.05) is 11.9 Å². The molecular weight excluding hydrogens is 294 g/mol. The number of carbonyl (C=O) groups excluding carboxylic acids is 3. The molecule has 1 aromatic heterocycles. The van der Waals surface area contributed by atoms with Crippen LogP contribution in [0.25, 0.3) is 0 Å². The van der Waals surface area contributed by atoms with E-state index in [2.05, 4.69) is 10.1 Å². The fourth-order valence-corrected chi connectivity index (χ4v) is 3.01. The van der Waals surface area contributed by atoms with Crippen molar-refractivity contribution in [2.45, 2.75) is 12.8 Å². The molecule has 2 rings (SSSR count). The number of carbonyl (C=O) groups is 3. The van der Waals surface area contributed by atoms with Crippen LogP contribution < -0.4 is 10.4 Å². The van der Waals surface area contributed by atoms with Gasteiger partial charge in [-0.15, -0.1) is 11.3 Å². The molecule has 1 amide bonds. The first-order chi connectivity index (χ1) is 10.0. The van der Waals surface area contributed by atoms with Crippen LogP contribution in [0.2, 0.25) is 0 Å². The second kappa shape index (κ2) is 6.53. The number of anilines is 1. The highest BCUT2D eigenvalue weighted by Crippen LogP contribution is 2.29. The molecule has 0 radical (unpaired) electrons. The Bertz CT molecular complexity index is 592. The minimum atomic E-state index is -1.24. The Kier molecular flexibility index (Phi) is 4.74. The van der Waals surface area contributed by atoms with Crippen molar-refractivity contribution in [1.82, 2.24) is 0 Å². The minimum absolute atomic E-state index is 0.272. The van der Waals surface area contributed by atoms with Gasteiger partial charge in [-0.1, -0.05) is 12.2 Å². The fourth-order valence-electron chi connectivity index (χ4n) is 2.25. The standard InChI is InChI=1S/C14H15NO5S/c1-20-14(19)11-10(6-7-21-11)15-12(16)8-4-2-3-5-9(8)13(17)18/h2-3,6-9H,4-5H2,1H3,(H,15,16)(H,17,18)/p-1/t8-,9-/m1/s1. The monoisotopic (exact) mass is 308 g/mol. The van der Waals surface area contributed by atoms with Crippen LogP contribution in [0.5, 0.6) is 0 Å². The lowest BCUT2D eigenvalue weighted by molar-refractivity contribution is -0.313. The maximum atomic E-state index is 12.3. The SMILES string of the molecule is COC(=O)c1sccc1NC(=O)[C@@H]1CC=CC[C@H]1C(=O)[O-]. The molecule has 0 saturated heterocycles. The Balaban J connectivity index is 2.14. The Hall–Kier alpha value is -2.15. The van der Waals surface area contributed by atoms with Gasteiger partial charge in [0.2, 0.25) is 5.91 Å². The van der Waals surface area contributed by atoms with Crippen molar-refractivity contribution in [3.8, 4) is 0 Å². The quantitative estimate of drug-likeness (QED) is 0.656. The van der Waals surface area contributed by atoms with Crippen LogP contribution in [0.3, 0.4) is 0 Å². The van der Waals surface area contributed by atoms with Gasteiger partial charge in [0.15, 0.2) is 0 Å². The van der Waals surface area contributed by atoms with Crippen molar-refractivity contribution in [2.24, 2.45) is 11.8 Å². The van der Waals surface area contributed by atoms with Gasteiger partial charge in [-0.05, 0) is 24.3 Å². The number of thiophene rings is 1. The van der Waals surface area contributed by atoms with Gasteiger partial charge in [-0.3, -0.25) is 4.79 Å². The van der Waals surface area contributed by atoms with Gasteiger partial charge in [0.25, 0.3) is 0 Å². The molecule has 1 aromatic rings. The highest BCUT2D eigenvalue weighted by molar-refractivity contribution is 7.12. The molecule has 0 saturated carbocycles.